The van der Waals surface area contributed by atoms with Gasteiger partial charge in [0.2, 0.25) is 23.6 Å². The number of primary amides is 1. The van der Waals surface area contributed by atoms with Crippen LogP contribution in [-0.4, -0.2) is 75.8 Å². The first-order valence-electron chi connectivity index (χ1n) is 8.37. The van der Waals surface area contributed by atoms with Crippen LogP contribution in [0, 0.1) is 0 Å². The van der Waals surface area contributed by atoms with Crippen molar-refractivity contribution in [3.8, 4) is 0 Å². The Morgan fingerprint density at radius 1 is 1.00 bits per heavy atom. The van der Waals surface area contributed by atoms with Crippen molar-refractivity contribution >= 4 is 42.2 Å². The van der Waals surface area contributed by atoms with E-state index in [9.17, 15) is 29.1 Å². The SMILES string of the molecule is CC(NC(=O)C(NC(=O)C(CS)NC(=O)C(N)CCC(N)=O)C(C)O)C(=O)O. The van der Waals surface area contributed by atoms with E-state index in [1.165, 1.54) is 13.8 Å². The van der Waals surface area contributed by atoms with E-state index in [1.54, 1.807) is 0 Å². The third kappa shape index (κ3) is 9.01. The number of carbonyl (C=O) groups is 5. The van der Waals surface area contributed by atoms with Crippen molar-refractivity contribution in [2.45, 2.75) is 57.0 Å². The van der Waals surface area contributed by atoms with Crippen LogP contribution in [0.5, 0.6) is 0 Å². The molecule has 0 bridgehead atoms. The number of aliphatic hydroxyl groups is 1. The monoisotopic (exact) mass is 421 g/mol. The lowest BCUT2D eigenvalue weighted by molar-refractivity contribution is -0.142. The Kier molecular flexibility index (Phi) is 11.1. The molecular formula is C15H27N5O7S. The summed E-state index contributed by atoms with van der Waals surface area (Å²) < 4.78 is 0. The Morgan fingerprint density at radius 3 is 2.00 bits per heavy atom. The largest absolute Gasteiger partial charge is 0.480 e. The van der Waals surface area contributed by atoms with E-state index in [0.29, 0.717) is 0 Å². The third-order valence-corrected chi connectivity index (χ3v) is 4.01. The Hall–Kier alpha value is -2.38. The van der Waals surface area contributed by atoms with E-state index in [1.807, 2.05) is 0 Å². The summed E-state index contributed by atoms with van der Waals surface area (Å²) in [6.07, 6.45) is -1.48. The summed E-state index contributed by atoms with van der Waals surface area (Å²) in [6.45, 7) is 2.44. The number of carboxylic acids is 1. The van der Waals surface area contributed by atoms with Crippen molar-refractivity contribution < 1.29 is 34.2 Å². The summed E-state index contributed by atoms with van der Waals surface area (Å²) >= 11 is 3.96. The fraction of sp³-hybridized carbons (Fsp3) is 0.667. The maximum Gasteiger partial charge on any atom is 0.325 e. The zero-order chi connectivity index (χ0) is 22.0. The molecule has 0 saturated carbocycles. The average Bonchev–Trinajstić information content (AvgIpc) is 2.60. The van der Waals surface area contributed by atoms with Crippen molar-refractivity contribution in [2.24, 2.45) is 11.5 Å². The summed E-state index contributed by atoms with van der Waals surface area (Å²) in [5.74, 6) is -4.56. The number of carbonyl (C=O) groups excluding carboxylic acids is 4. The molecule has 160 valence electrons. The van der Waals surface area contributed by atoms with Gasteiger partial charge in [-0.2, -0.15) is 12.6 Å². The Balaban J connectivity index is 4.97. The number of rotatable bonds is 12. The van der Waals surface area contributed by atoms with Gasteiger partial charge in [-0.15, -0.1) is 0 Å². The Bertz CT molecular complexity index is 601. The van der Waals surface area contributed by atoms with Crippen LogP contribution in [0.25, 0.3) is 0 Å². The predicted octanol–water partition coefficient (Wildman–Crippen LogP) is -3.55. The van der Waals surface area contributed by atoms with Crippen LogP contribution in [0.4, 0.5) is 0 Å². The van der Waals surface area contributed by atoms with Crippen molar-refractivity contribution in [2.75, 3.05) is 5.75 Å². The van der Waals surface area contributed by atoms with E-state index in [0.717, 1.165) is 0 Å². The lowest BCUT2D eigenvalue weighted by Gasteiger charge is -2.25. The van der Waals surface area contributed by atoms with Crippen molar-refractivity contribution in [1.29, 1.82) is 0 Å². The molecule has 0 fully saturated rings. The van der Waals surface area contributed by atoms with Crippen LogP contribution in [0.1, 0.15) is 26.7 Å². The molecule has 5 unspecified atom stereocenters. The summed E-state index contributed by atoms with van der Waals surface area (Å²) in [6, 6.07) is -4.98. The van der Waals surface area contributed by atoms with Gasteiger partial charge in [0.1, 0.15) is 18.1 Å². The molecule has 0 radical (unpaired) electrons. The summed E-state index contributed by atoms with van der Waals surface area (Å²) in [5.41, 5.74) is 10.6. The number of hydrogen-bond donors (Lipinski definition) is 8. The molecule has 0 spiro atoms. The highest BCUT2D eigenvalue weighted by molar-refractivity contribution is 7.80. The summed E-state index contributed by atoms with van der Waals surface area (Å²) in [4.78, 5) is 58.0. The van der Waals surface area contributed by atoms with E-state index in [4.69, 9.17) is 16.6 Å². The molecule has 0 aliphatic heterocycles. The fourth-order valence-corrected chi connectivity index (χ4v) is 2.18. The van der Waals surface area contributed by atoms with Crippen LogP contribution in [0.3, 0.4) is 0 Å². The molecule has 9 N–H and O–H groups in total. The molecule has 0 aliphatic rings. The van der Waals surface area contributed by atoms with Gasteiger partial charge in [0.05, 0.1) is 12.1 Å². The minimum Gasteiger partial charge on any atom is -0.480 e. The average molecular weight is 421 g/mol. The lowest BCUT2D eigenvalue weighted by atomic mass is 10.1. The normalized spacial score (nSPS) is 16.0. The zero-order valence-electron chi connectivity index (χ0n) is 15.5. The standard InChI is InChI=1S/C15H27N5O7S/c1-6(15(26)27)18-14(25)11(7(2)21)20-13(24)9(5-28)19-12(23)8(16)3-4-10(17)22/h6-9,11,21,28H,3-5,16H2,1-2H3,(H2,17,22)(H,18,25)(H,19,23)(H,20,24)(H,26,27). The number of nitrogens with one attached hydrogen (secondary N) is 3. The molecule has 13 heteroatoms. The first-order valence-corrected chi connectivity index (χ1v) is 9.00. The molecule has 0 aliphatic carbocycles. The number of amides is 4. The molecule has 0 saturated heterocycles. The quantitative estimate of drug-likeness (QED) is 0.147. The van der Waals surface area contributed by atoms with Crippen LogP contribution >= 0.6 is 12.6 Å². The van der Waals surface area contributed by atoms with E-state index < -0.39 is 59.9 Å². The molecule has 0 aromatic rings. The maximum absolute atomic E-state index is 12.3. The molecule has 0 aromatic heterocycles. The van der Waals surface area contributed by atoms with Crippen molar-refractivity contribution in [1.82, 2.24) is 16.0 Å². The molecule has 0 aromatic carbocycles. The second-order valence-electron chi connectivity index (χ2n) is 6.15. The maximum atomic E-state index is 12.3. The van der Waals surface area contributed by atoms with Gasteiger partial charge in [0.25, 0.3) is 0 Å². The highest BCUT2D eigenvalue weighted by atomic mass is 32.1. The van der Waals surface area contributed by atoms with Gasteiger partial charge < -0.3 is 37.6 Å². The Morgan fingerprint density at radius 2 is 1.57 bits per heavy atom. The van der Waals surface area contributed by atoms with Gasteiger partial charge in [0.15, 0.2) is 0 Å². The number of carboxylic acid groups (broad SMARTS) is 1. The molecule has 12 nitrogen and oxygen atoms in total. The molecule has 4 amide bonds. The topological polar surface area (TPSA) is 214 Å². The van der Waals surface area contributed by atoms with E-state index in [2.05, 4.69) is 28.6 Å². The number of aliphatic carboxylic acids is 1. The van der Waals surface area contributed by atoms with Crippen molar-refractivity contribution in [3.63, 3.8) is 0 Å². The van der Waals surface area contributed by atoms with Gasteiger partial charge in [0, 0.05) is 12.2 Å². The number of hydrogen-bond acceptors (Lipinski definition) is 8. The molecule has 0 heterocycles. The predicted molar refractivity (Wildman–Crippen MR) is 101 cm³/mol. The Labute approximate surface area is 167 Å². The zero-order valence-corrected chi connectivity index (χ0v) is 16.4. The number of aliphatic hydroxyl groups excluding tert-OH is 1. The van der Waals surface area contributed by atoms with Crippen LogP contribution in [-0.2, 0) is 24.0 Å². The van der Waals surface area contributed by atoms with E-state index in [-0.39, 0.29) is 18.6 Å². The van der Waals surface area contributed by atoms with Crippen LogP contribution in [0.15, 0.2) is 0 Å². The van der Waals surface area contributed by atoms with Crippen LogP contribution < -0.4 is 27.4 Å². The molecule has 0 rings (SSSR count). The fourth-order valence-electron chi connectivity index (χ4n) is 1.93. The smallest absolute Gasteiger partial charge is 0.325 e. The van der Waals surface area contributed by atoms with Gasteiger partial charge in [-0.1, -0.05) is 0 Å². The second kappa shape index (κ2) is 12.2. The molecular weight excluding hydrogens is 394 g/mol. The third-order valence-electron chi connectivity index (χ3n) is 3.65. The summed E-state index contributed by atoms with van der Waals surface area (Å²) in [7, 11) is 0. The van der Waals surface area contributed by atoms with Gasteiger partial charge in [-0.05, 0) is 20.3 Å². The minimum atomic E-state index is -1.46. The van der Waals surface area contributed by atoms with Gasteiger partial charge >= 0.3 is 5.97 Å². The second-order valence-corrected chi connectivity index (χ2v) is 6.52. The highest BCUT2D eigenvalue weighted by Crippen LogP contribution is 2.00. The van der Waals surface area contributed by atoms with Gasteiger partial charge in [-0.3, -0.25) is 24.0 Å². The number of nitrogens with two attached hydrogens (primary N) is 2. The molecule has 28 heavy (non-hydrogen) atoms. The first kappa shape index (κ1) is 25.6. The summed E-state index contributed by atoms with van der Waals surface area (Å²) in [5, 5.41) is 25.2. The van der Waals surface area contributed by atoms with Crippen molar-refractivity contribution in [3.05, 3.63) is 0 Å². The van der Waals surface area contributed by atoms with Gasteiger partial charge in [-0.25, -0.2) is 0 Å². The lowest BCUT2D eigenvalue weighted by Crippen LogP contribution is -2.60. The molecule has 5 atom stereocenters. The first-order chi connectivity index (χ1) is 12.9. The van der Waals surface area contributed by atoms with E-state index >= 15 is 0 Å². The highest BCUT2D eigenvalue weighted by Gasteiger charge is 2.31. The minimum absolute atomic E-state index is 0.0200. The van der Waals surface area contributed by atoms with Crippen LogP contribution in [0.2, 0.25) is 0 Å². The number of thiol groups is 1.